The lowest BCUT2D eigenvalue weighted by Gasteiger charge is -2.54. The van der Waals surface area contributed by atoms with Gasteiger partial charge in [-0.15, -0.1) is 0 Å². The summed E-state index contributed by atoms with van der Waals surface area (Å²) in [7, 11) is 0. The van der Waals surface area contributed by atoms with E-state index in [1.165, 1.54) is 38.2 Å². The second-order valence-electron chi connectivity index (χ2n) is 8.13. The Morgan fingerprint density at radius 3 is 2.31 bits per heavy atom. The van der Waals surface area contributed by atoms with Gasteiger partial charge in [0, 0.05) is 18.2 Å². The summed E-state index contributed by atoms with van der Waals surface area (Å²) in [5, 5.41) is 3.30. The molecule has 5 rings (SSSR count). The molecular weight excluding hydrogens is 331 g/mol. The van der Waals surface area contributed by atoms with Crippen molar-refractivity contribution in [2.24, 2.45) is 29.4 Å². The quantitative estimate of drug-likeness (QED) is 0.819. The Bertz CT molecular complexity index is 658. The number of halogens is 1. The second-order valence-corrected chi connectivity index (χ2v) is 8.13. The molecule has 4 nitrogen and oxygen atoms in total. The van der Waals surface area contributed by atoms with Gasteiger partial charge in [-0.05, 0) is 86.1 Å². The summed E-state index contributed by atoms with van der Waals surface area (Å²) >= 11 is 0. The fourth-order valence-electron chi connectivity index (χ4n) is 5.44. The summed E-state index contributed by atoms with van der Waals surface area (Å²) in [6, 6.07) is 7.24. The summed E-state index contributed by atoms with van der Waals surface area (Å²) in [4.78, 5) is 12.7. The summed E-state index contributed by atoms with van der Waals surface area (Å²) in [6.45, 7) is 0.00939. The number of rotatable bonds is 6. The first-order chi connectivity index (χ1) is 12.6. The number of nitrogens with two attached hydrogens (primary N) is 1. The molecule has 0 aliphatic heterocycles. The minimum absolute atomic E-state index is 0.0109. The van der Waals surface area contributed by atoms with Crippen molar-refractivity contribution in [2.45, 2.75) is 38.1 Å². The largest absolute Gasteiger partial charge is 0.487 e. The first-order valence-corrected chi connectivity index (χ1v) is 9.70. The third kappa shape index (κ3) is 3.63. The molecular formula is C21H27FN2O2. The van der Waals surface area contributed by atoms with E-state index in [0.717, 1.165) is 11.8 Å². The smallest absolute Gasteiger partial charge is 0.251 e. The zero-order chi connectivity index (χ0) is 18.1. The number of hydrogen-bond acceptors (Lipinski definition) is 3. The summed E-state index contributed by atoms with van der Waals surface area (Å²) in [5.74, 6) is 3.26. The van der Waals surface area contributed by atoms with Crippen molar-refractivity contribution in [1.82, 2.24) is 5.32 Å². The molecule has 1 aromatic carbocycles. The number of carbonyl (C=O) groups excluding carboxylic acids is 1. The van der Waals surface area contributed by atoms with Crippen LogP contribution in [0.4, 0.5) is 4.39 Å². The number of benzene rings is 1. The number of amides is 1. The van der Waals surface area contributed by atoms with E-state index in [1.54, 1.807) is 24.3 Å². The lowest BCUT2D eigenvalue weighted by molar-refractivity contribution is -0.0119. The lowest BCUT2D eigenvalue weighted by Crippen LogP contribution is -2.55. The SMILES string of the molecule is NCC=C(F)COc1ccc(C(=O)NC2C3CC4CC(C3)CC2C4)cc1. The zero-order valence-electron chi connectivity index (χ0n) is 15.0. The van der Waals surface area contributed by atoms with Gasteiger partial charge in [0.15, 0.2) is 0 Å². The van der Waals surface area contributed by atoms with Crippen LogP contribution in [0, 0.1) is 23.7 Å². The van der Waals surface area contributed by atoms with Crippen LogP contribution in [0.3, 0.4) is 0 Å². The van der Waals surface area contributed by atoms with E-state index in [9.17, 15) is 9.18 Å². The van der Waals surface area contributed by atoms with Crippen LogP contribution in [0.1, 0.15) is 42.5 Å². The van der Waals surface area contributed by atoms with E-state index >= 15 is 0 Å². The Kier molecular flexibility index (Phi) is 4.98. The first-order valence-electron chi connectivity index (χ1n) is 9.70. The van der Waals surface area contributed by atoms with Crippen molar-refractivity contribution >= 4 is 5.91 Å². The van der Waals surface area contributed by atoms with Crippen LogP contribution in [0.15, 0.2) is 36.2 Å². The molecule has 5 heteroatoms. The van der Waals surface area contributed by atoms with Gasteiger partial charge in [0.05, 0.1) is 0 Å². The van der Waals surface area contributed by atoms with Gasteiger partial charge in [-0.3, -0.25) is 4.79 Å². The number of hydrogen-bond donors (Lipinski definition) is 2. The van der Waals surface area contributed by atoms with Gasteiger partial charge < -0.3 is 15.8 Å². The molecule has 0 radical (unpaired) electrons. The molecule has 1 aromatic rings. The average molecular weight is 358 g/mol. The van der Waals surface area contributed by atoms with E-state index in [0.29, 0.717) is 29.2 Å². The van der Waals surface area contributed by atoms with E-state index in [1.807, 2.05) is 0 Å². The third-order valence-electron chi connectivity index (χ3n) is 6.36. The van der Waals surface area contributed by atoms with E-state index in [2.05, 4.69) is 5.32 Å². The Morgan fingerprint density at radius 2 is 1.73 bits per heavy atom. The molecule has 4 saturated carbocycles. The van der Waals surface area contributed by atoms with Crippen molar-refractivity contribution in [1.29, 1.82) is 0 Å². The topological polar surface area (TPSA) is 64.3 Å². The summed E-state index contributed by atoms with van der Waals surface area (Å²) < 4.78 is 18.6. The minimum atomic E-state index is -0.392. The van der Waals surface area contributed by atoms with Crippen molar-refractivity contribution in [3.8, 4) is 5.75 Å². The Hall–Kier alpha value is -1.88. The Balaban J connectivity index is 1.34. The second kappa shape index (κ2) is 7.39. The van der Waals surface area contributed by atoms with Crippen LogP contribution >= 0.6 is 0 Å². The van der Waals surface area contributed by atoms with Gasteiger partial charge in [0.2, 0.25) is 0 Å². The zero-order valence-corrected chi connectivity index (χ0v) is 15.0. The van der Waals surface area contributed by atoms with Gasteiger partial charge in [-0.25, -0.2) is 4.39 Å². The van der Waals surface area contributed by atoms with E-state index < -0.39 is 5.83 Å². The van der Waals surface area contributed by atoms with E-state index in [-0.39, 0.29) is 19.1 Å². The summed E-state index contributed by atoms with van der Waals surface area (Å²) in [6.07, 6.45) is 7.83. The Morgan fingerprint density at radius 1 is 1.12 bits per heavy atom. The highest BCUT2D eigenvalue weighted by molar-refractivity contribution is 5.94. The van der Waals surface area contributed by atoms with E-state index in [4.69, 9.17) is 10.5 Å². The molecule has 0 atom stereocenters. The fourth-order valence-corrected chi connectivity index (χ4v) is 5.44. The van der Waals surface area contributed by atoms with Gasteiger partial charge in [0.1, 0.15) is 18.2 Å². The molecule has 0 unspecified atom stereocenters. The maximum atomic E-state index is 13.3. The Labute approximate surface area is 154 Å². The number of carbonyl (C=O) groups is 1. The number of ether oxygens (including phenoxy) is 1. The molecule has 3 N–H and O–H groups in total. The normalized spacial score (nSPS) is 32.5. The van der Waals surface area contributed by atoms with Crippen molar-refractivity contribution in [3.05, 3.63) is 41.7 Å². The molecule has 0 heterocycles. The van der Waals surface area contributed by atoms with Crippen molar-refractivity contribution in [3.63, 3.8) is 0 Å². The third-order valence-corrected chi connectivity index (χ3v) is 6.36. The van der Waals surface area contributed by atoms with Gasteiger partial charge in [-0.2, -0.15) is 0 Å². The first kappa shape index (κ1) is 17.5. The molecule has 0 aromatic heterocycles. The maximum Gasteiger partial charge on any atom is 0.251 e. The molecule has 0 saturated heterocycles. The summed E-state index contributed by atoms with van der Waals surface area (Å²) in [5.41, 5.74) is 5.88. The molecule has 0 spiro atoms. The maximum absolute atomic E-state index is 13.3. The van der Waals surface area contributed by atoms with Gasteiger partial charge >= 0.3 is 0 Å². The van der Waals surface area contributed by atoms with Crippen molar-refractivity contribution < 1.29 is 13.9 Å². The van der Waals surface area contributed by atoms with Crippen LogP contribution in [-0.4, -0.2) is 25.1 Å². The molecule has 4 bridgehead atoms. The van der Waals surface area contributed by atoms with Crippen LogP contribution in [0.25, 0.3) is 0 Å². The molecule has 26 heavy (non-hydrogen) atoms. The lowest BCUT2D eigenvalue weighted by atomic mass is 9.54. The minimum Gasteiger partial charge on any atom is -0.487 e. The van der Waals surface area contributed by atoms with Crippen molar-refractivity contribution in [2.75, 3.05) is 13.2 Å². The highest BCUT2D eigenvalue weighted by Gasteiger charge is 2.48. The fraction of sp³-hybridized carbons (Fsp3) is 0.571. The standard InChI is InChI=1S/C21H27FN2O2/c22-18(5-6-23)12-26-19-3-1-15(2-4-19)21(25)24-20-16-8-13-7-14(10-16)11-17(20)9-13/h1-5,13-14,16-17,20H,6-12,23H2,(H,24,25). The van der Waals surface area contributed by atoms with Crippen LogP contribution in [-0.2, 0) is 0 Å². The number of nitrogens with one attached hydrogen (secondary N) is 1. The van der Waals surface area contributed by atoms with Crippen LogP contribution in [0.2, 0.25) is 0 Å². The molecule has 1 amide bonds. The van der Waals surface area contributed by atoms with Gasteiger partial charge in [-0.1, -0.05) is 0 Å². The molecule has 140 valence electrons. The molecule has 4 fully saturated rings. The highest BCUT2D eigenvalue weighted by atomic mass is 19.1. The average Bonchev–Trinajstić information content (AvgIpc) is 2.63. The predicted molar refractivity (Wildman–Crippen MR) is 98.5 cm³/mol. The highest BCUT2D eigenvalue weighted by Crippen LogP contribution is 2.53. The monoisotopic (exact) mass is 358 g/mol. The van der Waals surface area contributed by atoms with Crippen LogP contribution < -0.4 is 15.8 Å². The molecule has 4 aliphatic rings. The predicted octanol–water partition coefficient (Wildman–Crippen LogP) is 3.43. The van der Waals surface area contributed by atoms with Crippen LogP contribution in [0.5, 0.6) is 5.75 Å². The van der Waals surface area contributed by atoms with Gasteiger partial charge in [0.25, 0.3) is 5.91 Å². The molecule has 4 aliphatic carbocycles.